The summed E-state index contributed by atoms with van der Waals surface area (Å²) in [6.45, 7) is 4.27. The minimum Gasteiger partial charge on any atom is -0.481 e. The molecule has 80 valence electrons. The van der Waals surface area contributed by atoms with Gasteiger partial charge in [-0.15, -0.1) is 0 Å². The van der Waals surface area contributed by atoms with Crippen LogP contribution in [0.2, 0.25) is 0 Å². The van der Waals surface area contributed by atoms with E-state index in [9.17, 15) is 4.79 Å². The van der Waals surface area contributed by atoms with Crippen molar-refractivity contribution in [1.82, 2.24) is 4.90 Å². The fourth-order valence-corrected chi connectivity index (χ4v) is 2.63. The van der Waals surface area contributed by atoms with Crippen LogP contribution in [0.15, 0.2) is 0 Å². The van der Waals surface area contributed by atoms with Gasteiger partial charge < -0.3 is 5.11 Å². The largest absolute Gasteiger partial charge is 0.481 e. The van der Waals surface area contributed by atoms with Gasteiger partial charge in [0.2, 0.25) is 0 Å². The molecule has 3 heteroatoms. The zero-order valence-electron chi connectivity index (χ0n) is 8.78. The van der Waals surface area contributed by atoms with Gasteiger partial charge in [-0.3, -0.25) is 9.69 Å². The maximum atomic E-state index is 10.5. The number of likely N-dealkylation sites (tertiary alicyclic amines) is 1. The summed E-state index contributed by atoms with van der Waals surface area (Å²) in [7, 11) is 0. The van der Waals surface area contributed by atoms with Crippen LogP contribution in [0.4, 0.5) is 0 Å². The number of carbonyl (C=O) groups is 1. The minimum absolute atomic E-state index is 0.359. The van der Waals surface area contributed by atoms with E-state index in [-0.39, 0.29) is 0 Å². The van der Waals surface area contributed by atoms with Crippen LogP contribution in [0.5, 0.6) is 0 Å². The molecule has 0 aromatic carbocycles. The van der Waals surface area contributed by atoms with E-state index in [1.165, 1.54) is 19.3 Å². The molecule has 1 saturated heterocycles. The molecule has 0 aromatic rings. The maximum Gasteiger partial charge on any atom is 0.303 e. The Hall–Kier alpha value is -0.570. The molecule has 0 aromatic heterocycles. The molecule has 2 aliphatic rings. The standard InChI is InChI=1S/C11H19NO2/c1-2-10(9-3-4-9)12-6-8(7-12)5-11(13)14/h8-10H,2-7H2,1H3,(H,13,14). The molecular formula is C11H19NO2. The van der Waals surface area contributed by atoms with Crippen LogP contribution in [0, 0.1) is 11.8 Å². The van der Waals surface area contributed by atoms with Gasteiger partial charge >= 0.3 is 5.97 Å². The van der Waals surface area contributed by atoms with Gasteiger partial charge in [-0.05, 0) is 31.1 Å². The number of hydrogen-bond donors (Lipinski definition) is 1. The quantitative estimate of drug-likeness (QED) is 0.727. The second-order valence-corrected chi connectivity index (χ2v) is 4.73. The van der Waals surface area contributed by atoms with Crippen molar-refractivity contribution in [2.45, 2.75) is 38.6 Å². The van der Waals surface area contributed by atoms with E-state index >= 15 is 0 Å². The number of carboxylic acid groups (broad SMARTS) is 1. The minimum atomic E-state index is -0.644. The van der Waals surface area contributed by atoms with E-state index in [1.54, 1.807) is 0 Å². The Balaban J connectivity index is 1.72. The number of rotatable bonds is 5. The van der Waals surface area contributed by atoms with Crippen molar-refractivity contribution < 1.29 is 9.90 Å². The van der Waals surface area contributed by atoms with Gasteiger partial charge in [0.25, 0.3) is 0 Å². The summed E-state index contributed by atoms with van der Waals surface area (Å²) in [4.78, 5) is 13.0. The number of aliphatic carboxylic acids is 1. The van der Waals surface area contributed by atoms with Crippen LogP contribution in [0.3, 0.4) is 0 Å². The smallest absolute Gasteiger partial charge is 0.303 e. The third kappa shape index (κ3) is 2.08. The summed E-state index contributed by atoms with van der Waals surface area (Å²) in [6, 6.07) is 0.750. The molecule has 3 nitrogen and oxygen atoms in total. The van der Waals surface area contributed by atoms with Crippen LogP contribution in [-0.4, -0.2) is 35.1 Å². The Morgan fingerprint density at radius 1 is 1.50 bits per heavy atom. The highest BCUT2D eigenvalue weighted by Gasteiger charge is 2.39. The first-order valence-corrected chi connectivity index (χ1v) is 5.66. The Kier molecular flexibility index (Phi) is 2.77. The highest BCUT2D eigenvalue weighted by Crippen LogP contribution is 2.39. The highest BCUT2D eigenvalue weighted by atomic mass is 16.4. The number of hydrogen-bond acceptors (Lipinski definition) is 2. The third-order valence-corrected chi connectivity index (χ3v) is 3.50. The molecule has 1 atom stereocenters. The van der Waals surface area contributed by atoms with Crippen molar-refractivity contribution in [2.75, 3.05) is 13.1 Å². The van der Waals surface area contributed by atoms with Crippen molar-refractivity contribution in [3.05, 3.63) is 0 Å². The fourth-order valence-electron chi connectivity index (χ4n) is 2.63. The molecule has 1 aliphatic heterocycles. The molecular weight excluding hydrogens is 178 g/mol. The Bertz CT molecular complexity index is 219. The van der Waals surface area contributed by atoms with Gasteiger partial charge in [-0.2, -0.15) is 0 Å². The van der Waals surface area contributed by atoms with Crippen LogP contribution in [-0.2, 0) is 4.79 Å². The summed E-state index contributed by atoms with van der Waals surface area (Å²) >= 11 is 0. The summed E-state index contributed by atoms with van der Waals surface area (Å²) in [6.07, 6.45) is 4.36. The monoisotopic (exact) mass is 197 g/mol. The summed E-state index contributed by atoms with van der Waals surface area (Å²) in [5.41, 5.74) is 0. The molecule has 0 radical (unpaired) electrons. The van der Waals surface area contributed by atoms with Crippen molar-refractivity contribution in [3.63, 3.8) is 0 Å². The summed E-state index contributed by atoms with van der Waals surface area (Å²) in [5.74, 6) is 0.695. The molecule has 1 saturated carbocycles. The van der Waals surface area contributed by atoms with Crippen LogP contribution >= 0.6 is 0 Å². The summed E-state index contributed by atoms with van der Waals surface area (Å²) < 4.78 is 0. The fraction of sp³-hybridized carbons (Fsp3) is 0.909. The zero-order chi connectivity index (χ0) is 10.1. The molecule has 0 bridgehead atoms. The van der Waals surface area contributed by atoms with E-state index in [1.807, 2.05) is 0 Å². The van der Waals surface area contributed by atoms with E-state index in [0.717, 1.165) is 25.0 Å². The van der Waals surface area contributed by atoms with E-state index < -0.39 is 5.97 Å². The van der Waals surface area contributed by atoms with Crippen molar-refractivity contribution >= 4 is 5.97 Å². The van der Waals surface area contributed by atoms with Gasteiger partial charge in [0, 0.05) is 19.1 Å². The van der Waals surface area contributed by atoms with Gasteiger partial charge in [-0.25, -0.2) is 0 Å². The van der Waals surface area contributed by atoms with Crippen LogP contribution in [0.25, 0.3) is 0 Å². The molecule has 1 unspecified atom stereocenters. The summed E-state index contributed by atoms with van der Waals surface area (Å²) in [5, 5.41) is 8.63. The molecule has 2 fully saturated rings. The van der Waals surface area contributed by atoms with Crippen molar-refractivity contribution in [2.24, 2.45) is 11.8 Å². The van der Waals surface area contributed by atoms with Crippen molar-refractivity contribution in [1.29, 1.82) is 0 Å². The first-order valence-electron chi connectivity index (χ1n) is 5.66. The zero-order valence-corrected chi connectivity index (χ0v) is 8.78. The lowest BCUT2D eigenvalue weighted by molar-refractivity contribution is -0.140. The molecule has 0 spiro atoms. The third-order valence-electron chi connectivity index (χ3n) is 3.50. The molecule has 2 rings (SSSR count). The lowest BCUT2D eigenvalue weighted by Gasteiger charge is -2.44. The number of nitrogens with zero attached hydrogens (tertiary/aromatic N) is 1. The van der Waals surface area contributed by atoms with Crippen LogP contribution < -0.4 is 0 Å². The first kappa shape index (κ1) is 9.97. The molecule has 0 amide bonds. The Morgan fingerprint density at radius 3 is 2.57 bits per heavy atom. The second kappa shape index (κ2) is 3.89. The average molecular weight is 197 g/mol. The van der Waals surface area contributed by atoms with Gasteiger partial charge in [0.05, 0.1) is 6.42 Å². The first-order chi connectivity index (χ1) is 6.70. The molecule has 14 heavy (non-hydrogen) atoms. The van der Waals surface area contributed by atoms with Crippen molar-refractivity contribution in [3.8, 4) is 0 Å². The Morgan fingerprint density at radius 2 is 2.14 bits per heavy atom. The molecule has 1 N–H and O–H groups in total. The van der Waals surface area contributed by atoms with Gasteiger partial charge in [0.15, 0.2) is 0 Å². The normalized spacial score (nSPS) is 25.8. The predicted octanol–water partition coefficient (Wildman–Crippen LogP) is 1.58. The van der Waals surface area contributed by atoms with Gasteiger partial charge in [-0.1, -0.05) is 6.92 Å². The predicted molar refractivity (Wildman–Crippen MR) is 54.1 cm³/mol. The maximum absolute atomic E-state index is 10.5. The van der Waals surface area contributed by atoms with Gasteiger partial charge in [0.1, 0.15) is 0 Å². The van der Waals surface area contributed by atoms with E-state index in [0.29, 0.717) is 12.3 Å². The van der Waals surface area contributed by atoms with E-state index in [2.05, 4.69) is 11.8 Å². The topological polar surface area (TPSA) is 40.5 Å². The SMILES string of the molecule is CCC(C1CC1)N1CC(CC(=O)O)C1. The lowest BCUT2D eigenvalue weighted by Crippen LogP contribution is -2.53. The Labute approximate surface area is 85.1 Å². The lowest BCUT2D eigenvalue weighted by atomic mass is 9.92. The second-order valence-electron chi connectivity index (χ2n) is 4.73. The average Bonchev–Trinajstić information content (AvgIpc) is 2.84. The molecule has 1 heterocycles. The molecule has 1 aliphatic carbocycles. The number of carboxylic acids is 1. The van der Waals surface area contributed by atoms with Crippen LogP contribution in [0.1, 0.15) is 32.6 Å². The highest BCUT2D eigenvalue weighted by molar-refractivity contribution is 5.67. The van der Waals surface area contributed by atoms with E-state index in [4.69, 9.17) is 5.11 Å².